The zero-order valence-corrected chi connectivity index (χ0v) is 6.01. The molecule has 1 saturated heterocycles. The number of nitrogens with two attached hydrogens (primary N) is 1. The van der Waals surface area contributed by atoms with Gasteiger partial charge in [-0.3, -0.25) is 0 Å². The Morgan fingerprint density at radius 2 is 2.10 bits per heavy atom. The summed E-state index contributed by atoms with van der Waals surface area (Å²) in [6.45, 7) is 2.13. The molecule has 2 N–H and O–H groups in total. The first-order chi connectivity index (χ1) is 4.81. The Kier molecular flexibility index (Phi) is 1.44. The van der Waals surface area contributed by atoms with Crippen LogP contribution in [0.2, 0.25) is 0 Å². The van der Waals surface area contributed by atoms with E-state index in [1.165, 1.54) is 0 Å². The van der Waals surface area contributed by atoms with Gasteiger partial charge in [0.05, 0.1) is 25.9 Å². The predicted octanol–water partition coefficient (Wildman–Crippen LogP) is -0.107. The normalized spacial score (nSPS) is 37.5. The van der Waals surface area contributed by atoms with E-state index in [0.717, 1.165) is 19.4 Å². The molecule has 2 aliphatic rings. The Hall–Kier alpha value is -0.120. The van der Waals surface area contributed by atoms with Gasteiger partial charge in [-0.15, -0.1) is 0 Å². The van der Waals surface area contributed by atoms with Crippen LogP contribution in [0.25, 0.3) is 0 Å². The van der Waals surface area contributed by atoms with Crippen molar-refractivity contribution in [2.45, 2.75) is 24.5 Å². The fourth-order valence-electron chi connectivity index (χ4n) is 1.29. The molecule has 1 aliphatic heterocycles. The van der Waals surface area contributed by atoms with Gasteiger partial charge in [0.15, 0.2) is 0 Å². The maximum absolute atomic E-state index is 5.92. The fourth-order valence-corrected chi connectivity index (χ4v) is 1.29. The highest BCUT2D eigenvalue weighted by atomic mass is 16.6. The standard InChI is InChI=1S/C7H13NO2/c8-7(1-2-7)6-5-9-3-4-10-6/h6H,1-5,8H2. The Morgan fingerprint density at radius 3 is 2.60 bits per heavy atom. The predicted molar refractivity (Wildman–Crippen MR) is 36.7 cm³/mol. The molecule has 1 heterocycles. The molecule has 0 amide bonds. The van der Waals surface area contributed by atoms with Crippen molar-refractivity contribution in [2.24, 2.45) is 5.73 Å². The number of rotatable bonds is 1. The smallest absolute Gasteiger partial charge is 0.0988 e. The highest BCUT2D eigenvalue weighted by Gasteiger charge is 2.47. The van der Waals surface area contributed by atoms with Crippen LogP contribution >= 0.6 is 0 Å². The summed E-state index contributed by atoms with van der Waals surface area (Å²) in [6, 6.07) is 0. The third kappa shape index (κ3) is 1.05. The van der Waals surface area contributed by atoms with E-state index in [4.69, 9.17) is 15.2 Å². The Morgan fingerprint density at radius 1 is 1.30 bits per heavy atom. The van der Waals surface area contributed by atoms with E-state index in [2.05, 4.69) is 0 Å². The second kappa shape index (κ2) is 2.19. The highest BCUT2D eigenvalue weighted by molar-refractivity contribution is 5.05. The molecule has 1 aliphatic carbocycles. The molecule has 0 radical (unpaired) electrons. The van der Waals surface area contributed by atoms with Crippen LogP contribution < -0.4 is 5.73 Å². The molecule has 1 unspecified atom stereocenters. The zero-order chi connectivity index (χ0) is 7.03. The molecule has 3 heteroatoms. The van der Waals surface area contributed by atoms with Crippen molar-refractivity contribution in [1.29, 1.82) is 0 Å². The summed E-state index contributed by atoms with van der Waals surface area (Å²) in [7, 11) is 0. The van der Waals surface area contributed by atoms with Gasteiger partial charge in [0.25, 0.3) is 0 Å². The Bertz CT molecular complexity index is 128. The van der Waals surface area contributed by atoms with Crippen LogP contribution in [-0.2, 0) is 9.47 Å². The lowest BCUT2D eigenvalue weighted by Crippen LogP contribution is -2.45. The summed E-state index contributed by atoms with van der Waals surface area (Å²) in [5.41, 5.74) is 5.89. The van der Waals surface area contributed by atoms with Crippen LogP contribution in [-0.4, -0.2) is 31.5 Å². The van der Waals surface area contributed by atoms with Crippen LogP contribution in [0.1, 0.15) is 12.8 Å². The molecule has 10 heavy (non-hydrogen) atoms. The average molecular weight is 143 g/mol. The Balaban J connectivity index is 1.91. The molecule has 0 aromatic carbocycles. The minimum atomic E-state index is -0.0274. The topological polar surface area (TPSA) is 44.5 Å². The van der Waals surface area contributed by atoms with Gasteiger partial charge < -0.3 is 15.2 Å². The minimum Gasteiger partial charge on any atom is -0.376 e. The number of hydrogen-bond acceptors (Lipinski definition) is 3. The highest BCUT2D eigenvalue weighted by Crippen LogP contribution is 2.37. The summed E-state index contributed by atoms with van der Waals surface area (Å²) in [5.74, 6) is 0. The molecule has 3 nitrogen and oxygen atoms in total. The van der Waals surface area contributed by atoms with Crippen molar-refractivity contribution in [3.63, 3.8) is 0 Å². The molecule has 1 saturated carbocycles. The van der Waals surface area contributed by atoms with Crippen LogP contribution in [0.5, 0.6) is 0 Å². The van der Waals surface area contributed by atoms with Gasteiger partial charge in [-0.2, -0.15) is 0 Å². The van der Waals surface area contributed by atoms with Crippen LogP contribution in [0.15, 0.2) is 0 Å². The quantitative estimate of drug-likeness (QED) is 0.557. The molecular formula is C7H13NO2. The van der Waals surface area contributed by atoms with Crippen LogP contribution in [0.4, 0.5) is 0 Å². The lowest BCUT2D eigenvalue weighted by molar-refractivity contribution is -0.101. The SMILES string of the molecule is NC1(C2COCCO2)CC1. The van der Waals surface area contributed by atoms with E-state index in [-0.39, 0.29) is 11.6 Å². The van der Waals surface area contributed by atoms with Crippen LogP contribution in [0.3, 0.4) is 0 Å². The fraction of sp³-hybridized carbons (Fsp3) is 1.00. The largest absolute Gasteiger partial charge is 0.376 e. The third-order valence-corrected chi connectivity index (χ3v) is 2.28. The van der Waals surface area contributed by atoms with E-state index in [9.17, 15) is 0 Å². The van der Waals surface area contributed by atoms with Crippen molar-refractivity contribution in [2.75, 3.05) is 19.8 Å². The minimum absolute atomic E-state index is 0.0274. The summed E-state index contributed by atoms with van der Waals surface area (Å²) >= 11 is 0. The molecule has 2 rings (SSSR count). The molecule has 0 aromatic rings. The lowest BCUT2D eigenvalue weighted by atomic mass is 10.1. The van der Waals surface area contributed by atoms with Gasteiger partial charge in [-0.25, -0.2) is 0 Å². The van der Waals surface area contributed by atoms with Crippen molar-refractivity contribution in [1.82, 2.24) is 0 Å². The monoisotopic (exact) mass is 143 g/mol. The van der Waals surface area contributed by atoms with Gasteiger partial charge in [-0.1, -0.05) is 0 Å². The first-order valence-corrected chi connectivity index (χ1v) is 3.79. The van der Waals surface area contributed by atoms with E-state index in [0.29, 0.717) is 13.2 Å². The van der Waals surface area contributed by atoms with Crippen molar-refractivity contribution < 1.29 is 9.47 Å². The van der Waals surface area contributed by atoms with E-state index >= 15 is 0 Å². The molecule has 0 spiro atoms. The van der Waals surface area contributed by atoms with Gasteiger partial charge in [0.1, 0.15) is 0 Å². The summed E-state index contributed by atoms with van der Waals surface area (Å²) in [6.07, 6.45) is 2.36. The van der Waals surface area contributed by atoms with Crippen LogP contribution in [0, 0.1) is 0 Å². The van der Waals surface area contributed by atoms with Crippen molar-refractivity contribution >= 4 is 0 Å². The molecule has 58 valence electrons. The first kappa shape index (κ1) is 6.58. The van der Waals surface area contributed by atoms with Gasteiger partial charge in [0, 0.05) is 5.54 Å². The molecular weight excluding hydrogens is 130 g/mol. The van der Waals surface area contributed by atoms with E-state index in [1.54, 1.807) is 0 Å². The summed E-state index contributed by atoms with van der Waals surface area (Å²) in [5, 5.41) is 0. The zero-order valence-electron chi connectivity index (χ0n) is 6.01. The molecule has 0 bridgehead atoms. The Labute approximate surface area is 60.5 Å². The molecule has 1 atom stereocenters. The summed E-state index contributed by atoms with van der Waals surface area (Å²) < 4.78 is 10.7. The first-order valence-electron chi connectivity index (χ1n) is 3.79. The number of ether oxygens (including phenoxy) is 2. The molecule has 2 fully saturated rings. The maximum atomic E-state index is 5.92. The second-order valence-corrected chi connectivity index (χ2v) is 3.17. The van der Waals surface area contributed by atoms with Gasteiger partial charge in [0.2, 0.25) is 0 Å². The number of hydrogen-bond donors (Lipinski definition) is 1. The average Bonchev–Trinajstić information content (AvgIpc) is 2.72. The molecule has 0 aromatic heterocycles. The third-order valence-electron chi connectivity index (χ3n) is 2.28. The van der Waals surface area contributed by atoms with Gasteiger partial charge >= 0.3 is 0 Å². The summed E-state index contributed by atoms with van der Waals surface area (Å²) in [4.78, 5) is 0. The van der Waals surface area contributed by atoms with Crippen molar-refractivity contribution in [3.05, 3.63) is 0 Å². The lowest BCUT2D eigenvalue weighted by Gasteiger charge is -2.27. The van der Waals surface area contributed by atoms with E-state index in [1.807, 2.05) is 0 Å². The van der Waals surface area contributed by atoms with Gasteiger partial charge in [-0.05, 0) is 12.8 Å². The maximum Gasteiger partial charge on any atom is 0.0988 e. The van der Waals surface area contributed by atoms with E-state index < -0.39 is 0 Å². The van der Waals surface area contributed by atoms with Crippen molar-refractivity contribution in [3.8, 4) is 0 Å². The second-order valence-electron chi connectivity index (χ2n) is 3.17.